The Morgan fingerprint density at radius 3 is 2.26 bits per heavy atom. The lowest BCUT2D eigenvalue weighted by molar-refractivity contribution is -0.118. The summed E-state index contributed by atoms with van der Waals surface area (Å²) >= 11 is 0. The maximum atomic E-state index is 11.7. The van der Waals surface area contributed by atoms with Gasteiger partial charge in [-0.1, -0.05) is 34.6 Å². The molecule has 5 heteroatoms. The van der Waals surface area contributed by atoms with Crippen LogP contribution in [0.1, 0.15) is 46.9 Å². The van der Waals surface area contributed by atoms with E-state index in [1.165, 1.54) is 0 Å². The molecule has 19 heavy (non-hydrogen) atoms. The Labute approximate surface area is 114 Å². The Morgan fingerprint density at radius 2 is 1.84 bits per heavy atom. The molecule has 106 valence electrons. The van der Waals surface area contributed by atoms with Crippen LogP contribution in [-0.2, 0) is 10.2 Å². The largest absolute Gasteiger partial charge is 0.392 e. The molecule has 0 saturated carbocycles. The van der Waals surface area contributed by atoms with Crippen LogP contribution >= 0.6 is 0 Å². The third kappa shape index (κ3) is 4.95. The second kappa shape index (κ2) is 6.10. The van der Waals surface area contributed by atoms with E-state index in [1.807, 2.05) is 34.6 Å². The summed E-state index contributed by atoms with van der Waals surface area (Å²) in [6.07, 6.45) is 2.63. The second-order valence-electron chi connectivity index (χ2n) is 6.11. The first-order valence-corrected chi connectivity index (χ1v) is 6.50. The first-order chi connectivity index (χ1) is 8.70. The molecular formula is C14H23N3O2. The molecule has 2 N–H and O–H groups in total. The summed E-state index contributed by atoms with van der Waals surface area (Å²) < 4.78 is 0. The first kappa shape index (κ1) is 15.6. The summed E-state index contributed by atoms with van der Waals surface area (Å²) in [6, 6.07) is 0. The summed E-state index contributed by atoms with van der Waals surface area (Å²) in [7, 11) is 0. The van der Waals surface area contributed by atoms with Crippen molar-refractivity contribution in [2.45, 2.75) is 52.6 Å². The van der Waals surface area contributed by atoms with Gasteiger partial charge in [-0.25, -0.2) is 9.97 Å². The molecule has 0 aromatic carbocycles. The quantitative estimate of drug-likeness (QED) is 0.874. The van der Waals surface area contributed by atoms with E-state index in [0.29, 0.717) is 5.69 Å². The topological polar surface area (TPSA) is 75.1 Å². The van der Waals surface area contributed by atoms with E-state index >= 15 is 0 Å². The molecule has 1 heterocycles. The fraction of sp³-hybridized carbons (Fsp3) is 0.643. The van der Waals surface area contributed by atoms with Gasteiger partial charge in [-0.2, -0.15) is 0 Å². The number of amides is 1. The smallest absolute Gasteiger partial charge is 0.227 e. The van der Waals surface area contributed by atoms with Crippen molar-refractivity contribution in [1.82, 2.24) is 9.97 Å². The average molecular weight is 265 g/mol. The fourth-order valence-corrected chi connectivity index (χ4v) is 1.42. The van der Waals surface area contributed by atoms with Crippen molar-refractivity contribution in [3.8, 4) is 0 Å². The number of carbonyl (C=O) groups is 1. The number of nitrogens with zero attached hydrogens (tertiary/aromatic N) is 2. The molecule has 0 bridgehead atoms. The Hall–Kier alpha value is -1.49. The lowest BCUT2D eigenvalue weighted by Crippen LogP contribution is -2.24. The Bertz CT molecular complexity index is 421. The number of aliphatic hydroxyl groups is 1. The van der Waals surface area contributed by atoms with Gasteiger partial charge in [0.25, 0.3) is 0 Å². The molecule has 0 radical (unpaired) electrons. The number of carbonyl (C=O) groups excluding carboxylic acids is 1. The standard InChI is InChI=1S/C14H23N3O2/c1-9(2)11(18)6-12(19)17-10-7-15-13(16-8-10)14(3,4)5/h7-9,11,18H,6H2,1-5H3,(H,17,19). The van der Waals surface area contributed by atoms with Crippen LogP contribution in [0.3, 0.4) is 0 Å². The van der Waals surface area contributed by atoms with Crippen LogP contribution in [0.2, 0.25) is 0 Å². The van der Waals surface area contributed by atoms with Crippen molar-refractivity contribution in [3.63, 3.8) is 0 Å². The van der Waals surface area contributed by atoms with Crippen LogP contribution in [0.25, 0.3) is 0 Å². The highest BCUT2D eigenvalue weighted by molar-refractivity contribution is 5.90. The minimum atomic E-state index is -0.630. The summed E-state index contributed by atoms with van der Waals surface area (Å²) in [5.41, 5.74) is 0.435. The molecule has 0 aliphatic carbocycles. The van der Waals surface area contributed by atoms with E-state index in [4.69, 9.17) is 0 Å². The second-order valence-corrected chi connectivity index (χ2v) is 6.11. The van der Waals surface area contributed by atoms with E-state index in [2.05, 4.69) is 15.3 Å². The van der Waals surface area contributed by atoms with Crippen molar-refractivity contribution in [3.05, 3.63) is 18.2 Å². The minimum Gasteiger partial charge on any atom is -0.392 e. The van der Waals surface area contributed by atoms with Crippen LogP contribution in [0.15, 0.2) is 12.4 Å². The van der Waals surface area contributed by atoms with Gasteiger partial charge in [0.2, 0.25) is 5.91 Å². The van der Waals surface area contributed by atoms with Gasteiger partial charge in [-0.15, -0.1) is 0 Å². The number of hydrogen-bond donors (Lipinski definition) is 2. The third-order valence-electron chi connectivity index (χ3n) is 2.77. The highest BCUT2D eigenvalue weighted by Gasteiger charge is 2.18. The maximum absolute atomic E-state index is 11.7. The van der Waals surface area contributed by atoms with Crippen molar-refractivity contribution in [2.24, 2.45) is 5.92 Å². The van der Waals surface area contributed by atoms with Crippen LogP contribution in [0, 0.1) is 5.92 Å². The normalized spacial score (nSPS) is 13.4. The molecule has 1 rings (SSSR count). The van der Waals surface area contributed by atoms with Crippen molar-refractivity contribution >= 4 is 11.6 Å². The van der Waals surface area contributed by atoms with Gasteiger partial charge in [-0.05, 0) is 5.92 Å². The Kier molecular flexibility index (Phi) is 5.00. The number of anilines is 1. The van der Waals surface area contributed by atoms with Crippen LogP contribution in [0.4, 0.5) is 5.69 Å². The molecular weight excluding hydrogens is 242 g/mol. The number of rotatable bonds is 4. The monoisotopic (exact) mass is 265 g/mol. The number of aliphatic hydroxyl groups excluding tert-OH is 1. The van der Waals surface area contributed by atoms with Crippen molar-refractivity contribution in [2.75, 3.05) is 5.32 Å². The summed E-state index contributed by atoms with van der Waals surface area (Å²) in [5.74, 6) is 0.561. The van der Waals surface area contributed by atoms with Gasteiger partial charge >= 0.3 is 0 Å². The van der Waals surface area contributed by atoms with Crippen LogP contribution < -0.4 is 5.32 Å². The summed E-state index contributed by atoms with van der Waals surface area (Å²) in [5, 5.41) is 12.3. The first-order valence-electron chi connectivity index (χ1n) is 6.50. The molecule has 1 amide bonds. The van der Waals surface area contributed by atoms with E-state index in [9.17, 15) is 9.90 Å². The maximum Gasteiger partial charge on any atom is 0.227 e. The third-order valence-corrected chi connectivity index (χ3v) is 2.77. The number of nitrogens with one attached hydrogen (secondary N) is 1. The zero-order chi connectivity index (χ0) is 14.6. The molecule has 1 aromatic heterocycles. The Morgan fingerprint density at radius 1 is 1.32 bits per heavy atom. The van der Waals surface area contributed by atoms with Crippen molar-refractivity contribution < 1.29 is 9.90 Å². The minimum absolute atomic E-state index is 0.0604. The van der Waals surface area contributed by atoms with Gasteiger partial charge in [0.1, 0.15) is 5.82 Å². The summed E-state index contributed by atoms with van der Waals surface area (Å²) in [6.45, 7) is 9.83. The molecule has 5 nitrogen and oxygen atoms in total. The molecule has 0 aliphatic heterocycles. The van der Waals surface area contributed by atoms with E-state index in [-0.39, 0.29) is 23.7 Å². The highest BCUT2D eigenvalue weighted by Crippen LogP contribution is 2.18. The zero-order valence-corrected chi connectivity index (χ0v) is 12.3. The fourth-order valence-electron chi connectivity index (χ4n) is 1.42. The van der Waals surface area contributed by atoms with Crippen molar-refractivity contribution in [1.29, 1.82) is 0 Å². The SMILES string of the molecule is CC(C)C(O)CC(=O)Nc1cnc(C(C)(C)C)nc1. The lowest BCUT2D eigenvalue weighted by Gasteiger charge is -2.17. The molecule has 1 aromatic rings. The predicted molar refractivity (Wildman–Crippen MR) is 74.8 cm³/mol. The van der Waals surface area contributed by atoms with Crippen LogP contribution in [-0.4, -0.2) is 27.1 Å². The van der Waals surface area contributed by atoms with Gasteiger partial charge < -0.3 is 10.4 Å². The van der Waals surface area contributed by atoms with E-state index < -0.39 is 6.10 Å². The summed E-state index contributed by atoms with van der Waals surface area (Å²) in [4.78, 5) is 20.1. The van der Waals surface area contributed by atoms with Gasteiger partial charge in [0.15, 0.2) is 0 Å². The van der Waals surface area contributed by atoms with E-state index in [1.54, 1.807) is 12.4 Å². The molecule has 0 fully saturated rings. The lowest BCUT2D eigenvalue weighted by atomic mass is 9.96. The van der Waals surface area contributed by atoms with Gasteiger partial charge in [0.05, 0.1) is 30.6 Å². The number of hydrogen-bond acceptors (Lipinski definition) is 4. The molecule has 0 aliphatic rings. The average Bonchev–Trinajstić information content (AvgIpc) is 2.28. The van der Waals surface area contributed by atoms with Crippen LogP contribution in [0.5, 0.6) is 0 Å². The highest BCUT2D eigenvalue weighted by atomic mass is 16.3. The molecule has 1 unspecified atom stereocenters. The number of aromatic nitrogens is 2. The zero-order valence-electron chi connectivity index (χ0n) is 12.3. The predicted octanol–water partition coefficient (Wildman–Crippen LogP) is 2.12. The molecule has 0 saturated heterocycles. The molecule has 0 spiro atoms. The van der Waals surface area contributed by atoms with E-state index in [0.717, 1.165) is 5.82 Å². The Balaban J connectivity index is 2.61. The van der Waals surface area contributed by atoms with Gasteiger partial charge in [0, 0.05) is 5.41 Å². The van der Waals surface area contributed by atoms with Gasteiger partial charge in [-0.3, -0.25) is 4.79 Å². The molecule has 1 atom stereocenters.